The average Bonchev–Trinajstić information content (AvgIpc) is 2.33. The fourth-order valence-electron chi connectivity index (χ4n) is 1.33. The Hall–Kier alpha value is -1.63. The van der Waals surface area contributed by atoms with Gasteiger partial charge in [0.25, 0.3) is 0 Å². The third kappa shape index (κ3) is 5.30. The second-order valence-corrected chi connectivity index (χ2v) is 3.57. The van der Waals surface area contributed by atoms with Gasteiger partial charge in [0.2, 0.25) is 11.9 Å². The first-order chi connectivity index (χ1) is 8.26. The molecule has 7 nitrogen and oxygen atoms in total. The summed E-state index contributed by atoms with van der Waals surface area (Å²) >= 11 is 0. The Balaban J connectivity index is 2.28. The summed E-state index contributed by atoms with van der Waals surface area (Å²) in [5, 5.41) is 11.7. The molecule has 0 saturated heterocycles. The van der Waals surface area contributed by atoms with Gasteiger partial charge in [-0.3, -0.25) is 0 Å². The molecule has 1 aromatic heterocycles. The molecule has 0 atom stereocenters. The standard InChI is InChI=1S/C10H19N5O2/c1-17-10-14-8(11)13-9(15-10)12-6-4-2-3-5-7-16/h16H,2-7H2,1H3,(H3,11,12,13,14,15). The number of aromatic nitrogens is 3. The van der Waals surface area contributed by atoms with Crippen LogP contribution in [-0.2, 0) is 0 Å². The molecule has 0 saturated carbocycles. The van der Waals surface area contributed by atoms with Crippen LogP contribution in [0.4, 0.5) is 11.9 Å². The van der Waals surface area contributed by atoms with Gasteiger partial charge in [0.1, 0.15) is 0 Å². The van der Waals surface area contributed by atoms with Crippen molar-refractivity contribution >= 4 is 11.9 Å². The van der Waals surface area contributed by atoms with Gasteiger partial charge in [-0.1, -0.05) is 12.8 Å². The van der Waals surface area contributed by atoms with Crippen LogP contribution in [0.25, 0.3) is 0 Å². The van der Waals surface area contributed by atoms with Crippen molar-refractivity contribution < 1.29 is 9.84 Å². The van der Waals surface area contributed by atoms with Crippen LogP contribution in [0.1, 0.15) is 25.7 Å². The van der Waals surface area contributed by atoms with Crippen molar-refractivity contribution in [1.29, 1.82) is 0 Å². The molecule has 0 aliphatic carbocycles. The molecule has 0 radical (unpaired) electrons. The zero-order chi connectivity index (χ0) is 12.5. The number of nitrogens with one attached hydrogen (secondary N) is 1. The number of hydrogen-bond acceptors (Lipinski definition) is 7. The normalized spacial score (nSPS) is 10.2. The number of anilines is 2. The highest BCUT2D eigenvalue weighted by molar-refractivity contribution is 5.32. The van der Waals surface area contributed by atoms with E-state index in [1.807, 2.05) is 0 Å². The van der Waals surface area contributed by atoms with Crippen molar-refractivity contribution in [2.24, 2.45) is 0 Å². The van der Waals surface area contributed by atoms with Gasteiger partial charge in [-0.25, -0.2) is 0 Å². The Morgan fingerprint density at radius 3 is 2.65 bits per heavy atom. The minimum absolute atomic E-state index is 0.139. The minimum Gasteiger partial charge on any atom is -0.467 e. The number of nitrogens with two attached hydrogens (primary N) is 1. The zero-order valence-electron chi connectivity index (χ0n) is 10.0. The summed E-state index contributed by atoms with van der Waals surface area (Å²) in [5.74, 6) is 0.566. The van der Waals surface area contributed by atoms with Gasteiger partial charge >= 0.3 is 6.01 Å². The molecule has 96 valence electrons. The molecule has 0 aromatic carbocycles. The first kappa shape index (κ1) is 13.4. The van der Waals surface area contributed by atoms with Crippen molar-refractivity contribution in [1.82, 2.24) is 15.0 Å². The maximum atomic E-state index is 8.62. The van der Waals surface area contributed by atoms with Crippen molar-refractivity contribution in [2.75, 3.05) is 31.3 Å². The first-order valence-corrected chi connectivity index (χ1v) is 5.66. The predicted molar refractivity (Wildman–Crippen MR) is 64.8 cm³/mol. The molecule has 17 heavy (non-hydrogen) atoms. The number of aliphatic hydroxyl groups is 1. The maximum absolute atomic E-state index is 8.62. The van der Waals surface area contributed by atoms with Crippen LogP contribution in [-0.4, -0.2) is 40.3 Å². The topological polar surface area (TPSA) is 106 Å². The summed E-state index contributed by atoms with van der Waals surface area (Å²) in [6.07, 6.45) is 3.94. The van der Waals surface area contributed by atoms with Crippen molar-refractivity contribution in [3.8, 4) is 6.01 Å². The zero-order valence-corrected chi connectivity index (χ0v) is 10.0. The lowest BCUT2D eigenvalue weighted by atomic mass is 10.2. The number of ether oxygens (including phenoxy) is 1. The summed E-state index contributed by atoms with van der Waals surface area (Å²) in [5.41, 5.74) is 5.49. The lowest BCUT2D eigenvalue weighted by molar-refractivity contribution is 0.283. The van der Waals surface area contributed by atoms with Crippen LogP contribution in [0.3, 0.4) is 0 Å². The number of nitrogens with zero attached hydrogens (tertiary/aromatic N) is 3. The van der Waals surface area contributed by atoms with E-state index in [0.717, 1.165) is 32.2 Å². The van der Waals surface area contributed by atoms with E-state index in [9.17, 15) is 0 Å². The van der Waals surface area contributed by atoms with E-state index in [2.05, 4.69) is 20.3 Å². The van der Waals surface area contributed by atoms with Gasteiger partial charge in [0.05, 0.1) is 7.11 Å². The summed E-state index contributed by atoms with van der Waals surface area (Å²) < 4.78 is 4.89. The summed E-state index contributed by atoms with van der Waals surface area (Å²) in [6.45, 7) is 1.02. The number of hydrogen-bond donors (Lipinski definition) is 3. The molecule has 1 heterocycles. The monoisotopic (exact) mass is 241 g/mol. The van der Waals surface area contributed by atoms with Crippen molar-refractivity contribution in [3.63, 3.8) is 0 Å². The molecule has 7 heteroatoms. The van der Waals surface area contributed by atoms with Crippen LogP contribution in [0.5, 0.6) is 6.01 Å². The van der Waals surface area contributed by atoms with Crippen LogP contribution in [0.15, 0.2) is 0 Å². The third-order valence-electron chi connectivity index (χ3n) is 2.18. The molecular weight excluding hydrogens is 222 g/mol. The Morgan fingerprint density at radius 1 is 1.18 bits per heavy atom. The Bertz CT molecular complexity index is 334. The van der Waals surface area contributed by atoms with E-state index >= 15 is 0 Å². The molecule has 0 aliphatic heterocycles. The molecule has 0 aliphatic rings. The molecule has 0 fully saturated rings. The molecule has 1 aromatic rings. The smallest absolute Gasteiger partial charge is 0.322 e. The summed E-state index contributed by atoms with van der Waals surface area (Å²) in [6, 6.07) is 0.209. The Labute approximate surface area is 100 Å². The maximum Gasteiger partial charge on any atom is 0.322 e. The lowest BCUT2D eigenvalue weighted by Crippen LogP contribution is -2.09. The number of rotatable bonds is 8. The van der Waals surface area contributed by atoms with E-state index in [0.29, 0.717) is 5.95 Å². The molecule has 0 bridgehead atoms. The fourth-order valence-corrected chi connectivity index (χ4v) is 1.33. The Morgan fingerprint density at radius 2 is 1.94 bits per heavy atom. The lowest BCUT2D eigenvalue weighted by Gasteiger charge is -2.06. The van der Waals surface area contributed by atoms with Crippen LogP contribution >= 0.6 is 0 Å². The van der Waals surface area contributed by atoms with Crippen LogP contribution < -0.4 is 15.8 Å². The Kier molecular flexibility index (Phi) is 6.02. The molecule has 0 spiro atoms. The number of methoxy groups -OCH3 is 1. The highest BCUT2D eigenvalue weighted by Gasteiger charge is 2.03. The molecule has 0 unspecified atom stereocenters. The van der Waals surface area contributed by atoms with Gasteiger partial charge in [-0.05, 0) is 12.8 Å². The quantitative estimate of drug-likeness (QED) is 0.566. The predicted octanol–water partition coefficient (Wildman–Crippen LogP) is 0.427. The highest BCUT2D eigenvalue weighted by atomic mass is 16.5. The van der Waals surface area contributed by atoms with E-state index < -0.39 is 0 Å². The van der Waals surface area contributed by atoms with E-state index in [1.54, 1.807) is 0 Å². The molecule has 4 N–H and O–H groups in total. The molecular formula is C10H19N5O2. The number of unbranched alkanes of at least 4 members (excludes halogenated alkanes) is 3. The first-order valence-electron chi connectivity index (χ1n) is 5.66. The highest BCUT2D eigenvalue weighted by Crippen LogP contribution is 2.08. The molecule has 0 amide bonds. The SMILES string of the molecule is COc1nc(N)nc(NCCCCCCO)n1. The van der Waals surface area contributed by atoms with E-state index in [1.165, 1.54) is 7.11 Å². The average molecular weight is 241 g/mol. The largest absolute Gasteiger partial charge is 0.467 e. The van der Waals surface area contributed by atoms with Crippen LogP contribution in [0.2, 0.25) is 0 Å². The van der Waals surface area contributed by atoms with Gasteiger partial charge in [-0.15, -0.1) is 0 Å². The van der Waals surface area contributed by atoms with Gasteiger partial charge in [0.15, 0.2) is 0 Å². The van der Waals surface area contributed by atoms with E-state index in [4.69, 9.17) is 15.6 Å². The third-order valence-corrected chi connectivity index (χ3v) is 2.18. The van der Waals surface area contributed by atoms with Gasteiger partial charge in [-0.2, -0.15) is 15.0 Å². The van der Waals surface area contributed by atoms with Crippen molar-refractivity contribution in [3.05, 3.63) is 0 Å². The summed E-state index contributed by atoms with van der Waals surface area (Å²) in [7, 11) is 1.48. The summed E-state index contributed by atoms with van der Waals surface area (Å²) in [4.78, 5) is 11.7. The minimum atomic E-state index is 0.139. The fraction of sp³-hybridized carbons (Fsp3) is 0.700. The van der Waals surface area contributed by atoms with Crippen molar-refractivity contribution in [2.45, 2.75) is 25.7 Å². The molecule has 1 rings (SSSR count). The van der Waals surface area contributed by atoms with E-state index in [-0.39, 0.29) is 18.6 Å². The van der Waals surface area contributed by atoms with Gasteiger partial charge in [0, 0.05) is 13.2 Å². The number of nitrogen functional groups attached to an aromatic ring is 1. The van der Waals surface area contributed by atoms with Gasteiger partial charge < -0.3 is 20.9 Å². The number of aliphatic hydroxyl groups excluding tert-OH is 1. The van der Waals surface area contributed by atoms with Crippen LogP contribution in [0, 0.1) is 0 Å². The second kappa shape index (κ2) is 7.61. The second-order valence-electron chi connectivity index (χ2n) is 3.57.